The summed E-state index contributed by atoms with van der Waals surface area (Å²) in [6.45, 7) is 3.90. The number of hydrogen-bond donors (Lipinski definition) is 1. The molecule has 0 spiro atoms. The van der Waals surface area contributed by atoms with Gasteiger partial charge in [0.15, 0.2) is 6.10 Å². The van der Waals surface area contributed by atoms with E-state index in [1.807, 2.05) is 0 Å². The lowest BCUT2D eigenvalue weighted by atomic mass is 10.1. The summed E-state index contributed by atoms with van der Waals surface area (Å²) in [4.78, 5) is 24.2. The highest BCUT2D eigenvalue weighted by Crippen LogP contribution is 2.08. The van der Waals surface area contributed by atoms with E-state index in [2.05, 4.69) is 111 Å². The molecule has 1 atom stereocenters. The van der Waals surface area contributed by atoms with Crippen LogP contribution in [0.4, 0.5) is 0 Å². The lowest BCUT2D eigenvalue weighted by Crippen LogP contribution is -2.28. The fraction of sp³-hybridized carbons (Fsp3) is 0.581. The monoisotopic (exact) mass is 665 g/mol. The lowest BCUT2D eigenvalue weighted by molar-refractivity contribution is -0.161. The fourth-order valence-electron chi connectivity index (χ4n) is 4.53. The molecule has 0 bridgehead atoms. The van der Waals surface area contributed by atoms with Gasteiger partial charge in [-0.05, 0) is 96.3 Å². The number of rotatable bonds is 32. The zero-order chi connectivity index (χ0) is 35.0. The first-order chi connectivity index (χ1) is 23.6. The molecule has 0 aliphatic carbocycles. The van der Waals surface area contributed by atoms with E-state index in [1.54, 1.807) is 0 Å². The topological polar surface area (TPSA) is 72.8 Å². The van der Waals surface area contributed by atoms with Gasteiger partial charge < -0.3 is 14.6 Å². The minimum absolute atomic E-state index is 0.106. The van der Waals surface area contributed by atoms with Gasteiger partial charge in [0.25, 0.3) is 0 Å². The van der Waals surface area contributed by atoms with Crippen molar-refractivity contribution in [2.24, 2.45) is 0 Å². The molecule has 0 heterocycles. The van der Waals surface area contributed by atoms with E-state index in [4.69, 9.17) is 9.47 Å². The van der Waals surface area contributed by atoms with E-state index in [0.29, 0.717) is 12.8 Å². The Labute approximate surface area is 294 Å². The van der Waals surface area contributed by atoms with Crippen LogP contribution in [0.25, 0.3) is 0 Å². The van der Waals surface area contributed by atoms with Gasteiger partial charge in [0.2, 0.25) is 0 Å². The third-order valence-corrected chi connectivity index (χ3v) is 7.36. The molecule has 0 fully saturated rings. The zero-order valence-electron chi connectivity index (χ0n) is 30.5. The standard InChI is InChI=1S/C43H68O5/c1-3-5-7-9-11-13-15-17-19-20-21-22-24-26-28-30-32-34-36-38-43(46)48-41(39-44)40-47-42(45)37-35-33-31-29-27-25-23-18-16-14-12-10-8-6-4-2/h5,7,11-14,17-19,21-23,26-29,41,44H,3-4,6,8-10,15-16,20,24-25,30-40H2,1-2H3. The minimum Gasteiger partial charge on any atom is -0.462 e. The molecule has 5 nitrogen and oxygen atoms in total. The van der Waals surface area contributed by atoms with Crippen LogP contribution >= 0.6 is 0 Å². The third kappa shape index (κ3) is 35.7. The predicted octanol–water partition coefficient (Wildman–Crippen LogP) is 11.7. The first kappa shape index (κ1) is 44.8. The van der Waals surface area contributed by atoms with Crippen molar-refractivity contribution in [2.75, 3.05) is 13.2 Å². The smallest absolute Gasteiger partial charge is 0.306 e. The molecule has 0 aliphatic rings. The predicted molar refractivity (Wildman–Crippen MR) is 205 cm³/mol. The molecule has 0 amide bonds. The van der Waals surface area contributed by atoms with Crippen molar-refractivity contribution in [3.8, 4) is 0 Å². The summed E-state index contributed by atoms with van der Waals surface area (Å²) in [6, 6.07) is 0. The van der Waals surface area contributed by atoms with Crippen LogP contribution in [0, 0.1) is 0 Å². The van der Waals surface area contributed by atoms with E-state index in [0.717, 1.165) is 89.9 Å². The molecule has 48 heavy (non-hydrogen) atoms. The minimum atomic E-state index is -0.810. The summed E-state index contributed by atoms with van der Waals surface area (Å²) in [7, 11) is 0. The van der Waals surface area contributed by atoms with Gasteiger partial charge in [0.05, 0.1) is 6.61 Å². The SMILES string of the molecule is CCC=CCC=CCC=CCC=CCC=CCCCCCC(=O)OC(CO)COC(=O)CCCCC=CCC=CCC=CCCCCC. The number of carbonyl (C=O) groups excluding carboxylic acids is 2. The van der Waals surface area contributed by atoms with E-state index in [-0.39, 0.29) is 25.2 Å². The van der Waals surface area contributed by atoms with Crippen LogP contribution < -0.4 is 0 Å². The highest BCUT2D eigenvalue weighted by atomic mass is 16.6. The van der Waals surface area contributed by atoms with Crippen LogP contribution in [0.1, 0.15) is 142 Å². The van der Waals surface area contributed by atoms with Gasteiger partial charge >= 0.3 is 11.9 Å². The second-order valence-electron chi connectivity index (χ2n) is 11.9. The highest BCUT2D eigenvalue weighted by molar-refractivity contribution is 5.70. The summed E-state index contributed by atoms with van der Waals surface area (Å²) in [5.74, 6) is -0.685. The van der Waals surface area contributed by atoms with Crippen molar-refractivity contribution in [1.29, 1.82) is 0 Å². The first-order valence-corrected chi connectivity index (χ1v) is 18.8. The van der Waals surface area contributed by atoms with E-state index >= 15 is 0 Å². The highest BCUT2D eigenvalue weighted by Gasteiger charge is 2.16. The molecule has 1 N–H and O–H groups in total. The second kappa shape index (κ2) is 38.3. The number of esters is 2. The average Bonchev–Trinajstić information content (AvgIpc) is 3.09. The fourth-order valence-corrected chi connectivity index (χ4v) is 4.53. The number of aliphatic hydroxyl groups excluding tert-OH is 1. The molecule has 1 unspecified atom stereocenters. The van der Waals surface area contributed by atoms with Crippen LogP contribution in [0.5, 0.6) is 0 Å². The molecule has 0 aliphatic heterocycles. The normalized spacial score (nSPS) is 13.3. The largest absolute Gasteiger partial charge is 0.462 e. The van der Waals surface area contributed by atoms with Crippen molar-refractivity contribution >= 4 is 11.9 Å². The van der Waals surface area contributed by atoms with E-state index in [1.165, 1.54) is 25.7 Å². The maximum Gasteiger partial charge on any atom is 0.306 e. The summed E-state index contributed by atoms with van der Waals surface area (Å²) < 4.78 is 10.5. The average molecular weight is 665 g/mol. The molecule has 0 saturated carbocycles. The molecule has 0 rings (SSSR count). The molecule has 0 saturated heterocycles. The number of unbranched alkanes of at least 4 members (excludes halogenated alkanes) is 8. The Hall–Kier alpha value is -3.18. The Morgan fingerprint density at radius 3 is 1.35 bits per heavy atom. The third-order valence-electron chi connectivity index (χ3n) is 7.36. The van der Waals surface area contributed by atoms with Crippen LogP contribution in [-0.4, -0.2) is 36.4 Å². The zero-order valence-corrected chi connectivity index (χ0v) is 30.5. The summed E-state index contributed by atoms with van der Waals surface area (Å²) >= 11 is 0. The Bertz CT molecular complexity index is 979. The summed E-state index contributed by atoms with van der Waals surface area (Å²) in [5, 5.41) is 9.54. The van der Waals surface area contributed by atoms with Gasteiger partial charge in [-0.15, -0.1) is 0 Å². The number of carbonyl (C=O) groups is 2. The van der Waals surface area contributed by atoms with Crippen molar-refractivity contribution in [1.82, 2.24) is 0 Å². The molecule has 270 valence electrons. The van der Waals surface area contributed by atoms with Crippen molar-refractivity contribution in [3.05, 3.63) is 97.2 Å². The second-order valence-corrected chi connectivity index (χ2v) is 11.9. The van der Waals surface area contributed by atoms with Crippen molar-refractivity contribution in [2.45, 2.75) is 148 Å². The summed E-state index contributed by atoms with van der Waals surface area (Å²) in [5.41, 5.74) is 0. The quantitative estimate of drug-likeness (QED) is 0.0440. The van der Waals surface area contributed by atoms with Crippen LogP contribution in [0.3, 0.4) is 0 Å². The van der Waals surface area contributed by atoms with Crippen LogP contribution in [-0.2, 0) is 19.1 Å². The molecule has 0 radical (unpaired) electrons. The molecule has 0 aromatic heterocycles. The Kier molecular flexibility index (Phi) is 35.7. The number of aliphatic hydroxyl groups is 1. The van der Waals surface area contributed by atoms with Gasteiger partial charge in [-0.1, -0.05) is 130 Å². The van der Waals surface area contributed by atoms with E-state index < -0.39 is 6.10 Å². The molecule has 0 aromatic carbocycles. The Morgan fingerprint density at radius 1 is 0.500 bits per heavy atom. The maximum atomic E-state index is 12.1. The van der Waals surface area contributed by atoms with Gasteiger partial charge in [0.1, 0.15) is 6.61 Å². The number of ether oxygens (including phenoxy) is 2. The number of hydrogen-bond acceptors (Lipinski definition) is 5. The Balaban J connectivity index is 3.75. The van der Waals surface area contributed by atoms with Crippen molar-refractivity contribution < 1.29 is 24.2 Å². The maximum absolute atomic E-state index is 12.1. The molecular formula is C43H68O5. The first-order valence-electron chi connectivity index (χ1n) is 18.8. The Morgan fingerprint density at radius 2 is 0.896 bits per heavy atom. The van der Waals surface area contributed by atoms with Crippen LogP contribution in [0.2, 0.25) is 0 Å². The number of allylic oxidation sites excluding steroid dienone is 16. The van der Waals surface area contributed by atoms with Gasteiger partial charge in [0, 0.05) is 12.8 Å². The van der Waals surface area contributed by atoms with Gasteiger partial charge in [-0.2, -0.15) is 0 Å². The van der Waals surface area contributed by atoms with Crippen LogP contribution in [0.15, 0.2) is 97.2 Å². The lowest BCUT2D eigenvalue weighted by Gasteiger charge is -2.15. The van der Waals surface area contributed by atoms with Crippen molar-refractivity contribution in [3.63, 3.8) is 0 Å². The molecule has 0 aromatic rings. The summed E-state index contributed by atoms with van der Waals surface area (Å²) in [6.07, 6.45) is 53.2. The molecular weight excluding hydrogens is 596 g/mol. The van der Waals surface area contributed by atoms with Gasteiger partial charge in [-0.25, -0.2) is 0 Å². The van der Waals surface area contributed by atoms with Gasteiger partial charge in [-0.3, -0.25) is 9.59 Å². The van der Waals surface area contributed by atoms with E-state index in [9.17, 15) is 14.7 Å². The molecule has 5 heteroatoms.